The van der Waals surface area contributed by atoms with E-state index < -0.39 is 57.4 Å². The maximum atomic E-state index is 14.2. The number of hydrogen-bond acceptors (Lipinski definition) is 11. The zero-order valence-corrected chi connectivity index (χ0v) is 41.2. The van der Waals surface area contributed by atoms with Gasteiger partial charge in [0.1, 0.15) is 24.0 Å². The van der Waals surface area contributed by atoms with Gasteiger partial charge in [-0.1, -0.05) is 68.8 Å². The van der Waals surface area contributed by atoms with Crippen LogP contribution >= 0.6 is 0 Å². The summed E-state index contributed by atoms with van der Waals surface area (Å²) in [7, 11) is -2.93. The summed E-state index contributed by atoms with van der Waals surface area (Å²) in [6, 6.07) is 13.6. The minimum atomic E-state index is -4.17. The Labute approximate surface area is 390 Å². The number of ketones is 1. The SMILES string of the molecule is CC[C@H](C)[C@H](NC(=O)[C@@H](CCCN=C(N)NS(=O)(=O)c1c(C)c(C)c2c(c1C)CCC(C)(C)O2)NC(=O)OCC1c2ccccc2-c2ccccc21)C(=O)C[C@@H](COC(C)(C)C)C(=O)OC. The standard InChI is InChI=1S/C50H69N5O10S/c1-12-29(2)42(41(56)26-33(46(58)62-11)27-64-49(6,7)8)54-45(57)40(53-48(59)63-28-39-37-20-15-13-18-35(37)36-19-14-16-21-38(36)39)22-17-25-52-47(51)55-66(60,61)44-31(4)30(3)43-34(32(44)5)23-24-50(9,10)65-43/h13-16,18-21,29,33,39-40,42H,12,17,22-28H2,1-11H3,(H,53,59)(H,54,57)(H3,51,52,55)/t29-,33-,40+,42-/m0/s1. The van der Waals surface area contributed by atoms with Crippen molar-refractivity contribution in [3.8, 4) is 16.9 Å². The third-order valence-electron chi connectivity index (χ3n) is 12.6. The van der Waals surface area contributed by atoms with E-state index in [1.807, 2.05) is 104 Å². The van der Waals surface area contributed by atoms with E-state index in [1.165, 1.54) is 7.11 Å². The van der Waals surface area contributed by atoms with E-state index in [4.69, 9.17) is 24.7 Å². The van der Waals surface area contributed by atoms with Crippen molar-refractivity contribution in [3.05, 3.63) is 81.9 Å². The number of amides is 2. The first-order chi connectivity index (χ1) is 31.0. The van der Waals surface area contributed by atoms with Crippen molar-refractivity contribution in [2.75, 3.05) is 26.9 Å². The summed E-state index contributed by atoms with van der Waals surface area (Å²) in [6.45, 7) is 18.5. The van der Waals surface area contributed by atoms with Crippen LogP contribution in [0.1, 0.15) is 120 Å². The second-order valence-electron chi connectivity index (χ2n) is 19.1. The molecule has 15 nitrogen and oxygen atoms in total. The minimum Gasteiger partial charge on any atom is -0.487 e. The van der Waals surface area contributed by atoms with Crippen LogP contribution in [0.5, 0.6) is 5.75 Å². The Balaban J connectivity index is 1.32. The van der Waals surface area contributed by atoms with E-state index in [9.17, 15) is 27.6 Å². The number of methoxy groups -OCH3 is 1. The van der Waals surface area contributed by atoms with Gasteiger partial charge in [-0.3, -0.25) is 19.4 Å². The van der Waals surface area contributed by atoms with Crippen LogP contribution in [0.15, 0.2) is 58.4 Å². The molecule has 1 aliphatic heterocycles. The van der Waals surface area contributed by atoms with Gasteiger partial charge in [-0.05, 0) is 131 Å². The summed E-state index contributed by atoms with van der Waals surface area (Å²) in [6.07, 6.45) is 1.00. The largest absolute Gasteiger partial charge is 0.487 e. The number of fused-ring (bicyclic) bond motifs is 4. The highest BCUT2D eigenvalue weighted by Gasteiger charge is 2.36. The molecule has 0 saturated carbocycles. The summed E-state index contributed by atoms with van der Waals surface area (Å²) >= 11 is 0. The molecule has 1 aliphatic carbocycles. The summed E-state index contributed by atoms with van der Waals surface area (Å²) in [5.74, 6) is -2.78. The Morgan fingerprint density at radius 3 is 2.17 bits per heavy atom. The number of nitrogens with two attached hydrogens (primary N) is 1. The predicted molar refractivity (Wildman–Crippen MR) is 254 cm³/mol. The van der Waals surface area contributed by atoms with Gasteiger partial charge in [0.05, 0.1) is 36.2 Å². The molecule has 0 aromatic heterocycles. The molecule has 0 radical (unpaired) electrons. The molecule has 360 valence electrons. The number of carbonyl (C=O) groups excluding carboxylic acids is 4. The Hall–Kier alpha value is -5.48. The van der Waals surface area contributed by atoms with Gasteiger partial charge >= 0.3 is 12.1 Å². The maximum Gasteiger partial charge on any atom is 0.407 e. The smallest absolute Gasteiger partial charge is 0.407 e. The van der Waals surface area contributed by atoms with Crippen LogP contribution in [0.4, 0.5) is 4.79 Å². The van der Waals surface area contributed by atoms with Crippen LogP contribution in [0.3, 0.4) is 0 Å². The summed E-state index contributed by atoms with van der Waals surface area (Å²) < 4.78 is 53.0. The first kappa shape index (κ1) is 51.5. The molecular weight excluding hydrogens is 863 g/mol. The number of Topliss-reactive ketones (excluding diaryl/α,β-unsaturated/α-hetero) is 1. The van der Waals surface area contributed by atoms with Crippen molar-refractivity contribution in [2.45, 2.75) is 142 Å². The lowest BCUT2D eigenvalue weighted by molar-refractivity contribution is -0.152. The van der Waals surface area contributed by atoms with Crippen molar-refractivity contribution >= 4 is 39.7 Å². The molecule has 0 saturated heterocycles. The monoisotopic (exact) mass is 931 g/mol. The van der Waals surface area contributed by atoms with Crippen molar-refractivity contribution in [1.82, 2.24) is 15.4 Å². The third-order valence-corrected chi connectivity index (χ3v) is 14.2. The number of alkyl carbamates (subject to hydrolysis) is 1. The molecule has 3 aromatic rings. The molecule has 3 aromatic carbocycles. The average molecular weight is 932 g/mol. The number of nitrogens with zero attached hydrogens (tertiary/aromatic N) is 1. The Kier molecular flexibility index (Phi) is 16.7. The first-order valence-corrected chi connectivity index (χ1v) is 24.3. The van der Waals surface area contributed by atoms with Gasteiger partial charge in [-0.15, -0.1) is 0 Å². The molecule has 5 N–H and O–H groups in total. The van der Waals surface area contributed by atoms with E-state index in [1.54, 1.807) is 13.8 Å². The molecule has 66 heavy (non-hydrogen) atoms. The number of nitrogens with one attached hydrogen (secondary N) is 3. The van der Waals surface area contributed by atoms with Crippen LogP contribution < -0.4 is 25.8 Å². The number of sulfonamides is 1. The summed E-state index contributed by atoms with van der Waals surface area (Å²) in [4.78, 5) is 59.0. The Bertz CT molecular complexity index is 2380. The maximum absolute atomic E-state index is 14.2. The number of aliphatic imine (C=N–C) groups is 1. The van der Waals surface area contributed by atoms with Crippen LogP contribution in [-0.4, -0.2) is 88.3 Å². The predicted octanol–water partition coefficient (Wildman–Crippen LogP) is 7.09. The fourth-order valence-electron chi connectivity index (χ4n) is 8.65. The molecule has 0 spiro atoms. The molecule has 0 unspecified atom stereocenters. The third kappa shape index (κ3) is 12.5. The Morgan fingerprint density at radius 2 is 1.58 bits per heavy atom. The number of carbonyl (C=O) groups is 4. The van der Waals surface area contributed by atoms with Gasteiger partial charge in [-0.25, -0.2) is 17.9 Å². The van der Waals surface area contributed by atoms with Crippen molar-refractivity contribution in [3.63, 3.8) is 0 Å². The lowest BCUT2D eigenvalue weighted by Gasteiger charge is -2.35. The van der Waals surface area contributed by atoms with Crippen molar-refractivity contribution in [2.24, 2.45) is 22.6 Å². The highest BCUT2D eigenvalue weighted by molar-refractivity contribution is 7.90. The van der Waals surface area contributed by atoms with Gasteiger partial charge in [0.25, 0.3) is 10.0 Å². The fraction of sp³-hybridized carbons (Fsp3) is 0.540. The number of rotatable bonds is 19. The van der Waals surface area contributed by atoms with Gasteiger partial charge < -0.3 is 35.3 Å². The van der Waals surface area contributed by atoms with Crippen LogP contribution in [-0.2, 0) is 45.0 Å². The zero-order chi connectivity index (χ0) is 48.7. The minimum absolute atomic E-state index is 0.00239. The van der Waals surface area contributed by atoms with Crippen molar-refractivity contribution < 1.29 is 46.5 Å². The zero-order valence-electron chi connectivity index (χ0n) is 40.4. The number of hydrogen-bond donors (Lipinski definition) is 4. The average Bonchev–Trinajstić information content (AvgIpc) is 3.58. The molecule has 16 heteroatoms. The molecule has 0 bridgehead atoms. The molecule has 2 amide bonds. The van der Waals surface area contributed by atoms with Gasteiger partial charge in [-0.2, -0.15) is 0 Å². The van der Waals surface area contributed by atoms with Crippen LogP contribution in [0.25, 0.3) is 11.1 Å². The van der Waals surface area contributed by atoms with E-state index >= 15 is 0 Å². The number of esters is 1. The quantitative estimate of drug-likeness (QED) is 0.0412. The molecule has 1 heterocycles. The molecule has 5 rings (SSSR count). The molecular formula is C50H69N5O10S. The fourth-order valence-corrected chi connectivity index (χ4v) is 10.2. The molecule has 4 atom stereocenters. The van der Waals surface area contributed by atoms with E-state index in [0.717, 1.165) is 39.8 Å². The number of benzene rings is 3. The summed E-state index contributed by atoms with van der Waals surface area (Å²) in [5.41, 5.74) is 12.1. The normalized spacial score (nSPS) is 16.3. The first-order valence-electron chi connectivity index (χ1n) is 22.8. The molecule has 0 fully saturated rings. The Morgan fingerprint density at radius 1 is 0.955 bits per heavy atom. The molecule has 2 aliphatic rings. The van der Waals surface area contributed by atoms with E-state index in [-0.39, 0.29) is 67.3 Å². The van der Waals surface area contributed by atoms with E-state index in [2.05, 4.69) is 20.3 Å². The van der Waals surface area contributed by atoms with Gasteiger partial charge in [0.15, 0.2) is 5.78 Å². The summed E-state index contributed by atoms with van der Waals surface area (Å²) in [5, 5.41) is 5.57. The topological polar surface area (TPSA) is 214 Å². The lowest BCUT2D eigenvalue weighted by atomic mass is 9.88. The van der Waals surface area contributed by atoms with Gasteiger partial charge in [0.2, 0.25) is 11.9 Å². The number of guanidine groups is 1. The second-order valence-corrected chi connectivity index (χ2v) is 20.7. The van der Waals surface area contributed by atoms with E-state index in [0.29, 0.717) is 29.7 Å². The van der Waals surface area contributed by atoms with Crippen molar-refractivity contribution in [1.29, 1.82) is 0 Å². The highest BCUT2D eigenvalue weighted by atomic mass is 32.2. The highest BCUT2D eigenvalue weighted by Crippen LogP contribution is 2.45. The second kappa shape index (κ2) is 21.4. The van der Waals surface area contributed by atoms with Gasteiger partial charge in [0, 0.05) is 18.9 Å². The number of ether oxygens (including phenoxy) is 4. The van der Waals surface area contributed by atoms with Crippen LogP contribution in [0, 0.1) is 32.6 Å². The van der Waals surface area contributed by atoms with Crippen LogP contribution in [0.2, 0.25) is 0 Å². The lowest BCUT2D eigenvalue weighted by Crippen LogP contribution is -2.54.